The number of hydrogen-bond donors (Lipinski definition) is 2. The summed E-state index contributed by atoms with van der Waals surface area (Å²) in [6, 6.07) is 0.582. The summed E-state index contributed by atoms with van der Waals surface area (Å²) in [6.07, 6.45) is 2.21. The van der Waals surface area contributed by atoms with Gasteiger partial charge in [0.2, 0.25) is 11.8 Å². The predicted molar refractivity (Wildman–Crippen MR) is 68.8 cm³/mol. The van der Waals surface area contributed by atoms with Crippen molar-refractivity contribution in [3.8, 4) is 0 Å². The third kappa shape index (κ3) is 3.10. The Morgan fingerprint density at radius 3 is 3.11 bits per heavy atom. The summed E-state index contributed by atoms with van der Waals surface area (Å²) >= 11 is 0. The van der Waals surface area contributed by atoms with Gasteiger partial charge in [-0.05, 0) is 19.8 Å². The molecule has 1 aliphatic heterocycles. The van der Waals surface area contributed by atoms with Crippen molar-refractivity contribution in [3.05, 3.63) is 5.89 Å². The largest absolute Gasteiger partial charge is 0.408 e. The molecule has 3 rings (SSSR count). The second-order valence-electron chi connectivity index (χ2n) is 5.29. The molecule has 1 aromatic heterocycles. The molecule has 19 heavy (non-hydrogen) atoms. The van der Waals surface area contributed by atoms with Gasteiger partial charge in [-0.1, -0.05) is 5.10 Å². The molecule has 2 heterocycles. The third-order valence-electron chi connectivity index (χ3n) is 3.60. The van der Waals surface area contributed by atoms with Crippen molar-refractivity contribution in [1.82, 2.24) is 20.4 Å². The summed E-state index contributed by atoms with van der Waals surface area (Å²) in [4.78, 5) is 14.1. The van der Waals surface area contributed by atoms with Crippen LogP contribution in [0.5, 0.6) is 0 Å². The molecule has 1 aliphatic carbocycles. The Hall–Kier alpha value is -1.47. The van der Waals surface area contributed by atoms with Crippen molar-refractivity contribution < 1.29 is 9.21 Å². The minimum atomic E-state index is -0.0975. The van der Waals surface area contributed by atoms with Gasteiger partial charge in [-0.25, -0.2) is 0 Å². The van der Waals surface area contributed by atoms with Gasteiger partial charge in [0.05, 0.1) is 6.54 Å². The van der Waals surface area contributed by atoms with Gasteiger partial charge in [0.15, 0.2) is 0 Å². The Morgan fingerprint density at radius 2 is 2.37 bits per heavy atom. The van der Waals surface area contributed by atoms with Gasteiger partial charge in [0.25, 0.3) is 0 Å². The van der Waals surface area contributed by atoms with Gasteiger partial charge in [-0.3, -0.25) is 15.0 Å². The third-order valence-corrected chi connectivity index (χ3v) is 3.60. The maximum Gasteiger partial charge on any atom is 0.322 e. The van der Waals surface area contributed by atoms with Crippen molar-refractivity contribution in [2.75, 3.05) is 31.5 Å². The fourth-order valence-electron chi connectivity index (χ4n) is 2.24. The van der Waals surface area contributed by atoms with Crippen molar-refractivity contribution in [3.63, 3.8) is 0 Å². The summed E-state index contributed by atoms with van der Waals surface area (Å²) < 4.78 is 5.41. The fourth-order valence-corrected chi connectivity index (χ4v) is 2.24. The van der Waals surface area contributed by atoms with Crippen LogP contribution < -0.4 is 10.6 Å². The number of hydrogen-bond acceptors (Lipinski definition) is 6. The Morgan fingerprint density at radius 1 is 1.53 bits per heavy atom. The van der Waals surface area contributed by atoms with E-state index >= 15 is 0 Å². The predicted octanol–water partition coefficient (Wildman–Crippen LogP) is 0.179. The molecule has 2 aliphatic rings. The van der Waals surface area contributed by atoms with Crippen LogP contribution in [-0.2, 0) is 4.79 Å². The molecule has 104 valence electrons. The standard InChI is InChI=1S/C12H19N5O2/c1-8-6-13-4-5-17(8)7-10(18)14-12-16-15-11(19-12)9-2-3-9/h8-9,13H,2-7H2,1H3,(H,14,16,18)/t8-/m1/s1. The molecule has 0 bridgehead atoms. The molecule has 0 radical (unpaired) electrons. The van der Waals surface area contributed by atoms with Crippen molar-refractivity contribution in [2.24, 2.45) is 0 Å². The van der Waals surface area contributed by atoms with Gasteiger partial charge >= 0.3 is 6.01 Å². The van der Waals surface area contributed by atoms with Gasteiger partial charge in [0.1, 0.15) is 0 Å². The van der Waals surface area contributed by atoms with Crippen LogP contribution in [0.2, 0.25) is 0 Å². The van der Waals surface area contributed by atoms with E-state index in [1.54, 1.807) is 0 Å². The van der Waals surface area contributed by atoms with E-state index in [1.807, 2.05) is 0 Å². The number of piperazine rings is 1. The maximum atomic E-state index is 11.9. The molecule has 0 spiro atoms. The molecule has 2 N–H and O–H groups in total. The highest BCUT2D eigenvalue weighted by molar-refractivity contribution is 5.90. The van der Waals surface area contributed by atoms with E-state index in [0.717, 1.165) is 32.5 Å². The maximum absolute atomic E-state index is 11.9. The lowest BCUT2D eigenvalue weighted by Crippen LogP contribution is -2.52. The van der Waals surface area contributed by atoms with E-state index < -0.39 is 0 Å². The second kappa shape index (κ2) is 5.26. The highest BCUT2D eigenvalue weighted by atomic mass is 16.4. The number of amides is 1. The summed E-state index contributed by atoms with van der Waals surface area (Å²) in [5, 5.41) is 13.8. The molecule has 1 amide bonds. The first-order valence-electron chi connectivity index (χ1n) is 6.80. The second-order valence-corrected chi connectivity index (χ2v) is 5.29. The first-order valence-corrected chi connectivity index (χ1v) is 6.80. The SMILES string of the molecule is C[C@@H]1CNCCN1CC(=O)Nc1nnc(C2CC2)o1. The van der Waals surface area contributed by atoms with Crippen molar-refractivity contribution in [1.29, 1.82) is 0 Å². The molecule has 1 saturated heterocycles. The number of nitrogens with one attached hydrogen (secondary N) is 2. The summed E-state index contributed by atoms with van der Waals surface area (Å²) in [5.41, 5.74) is 0. The lowest BCUT2D eigenvalue weighted by Gasteiger charge is -2.32. The zero-order valence-electron chi connectivity index (χ0n) is 11.1. The molecule has 1 aromatic rings. The van der Waals surface area contributed by atoms with Crippen molar-refractivity contribution in [2.45, 2.75) is 31.7 Å². The molecular formula is C12H19N5O2. The Bertz CT molecular complexity index is 457. The number of carbonyl (C=O) groups excluding carboxylic acids is 1. The number of carbonyl (C=O) groups is 1. The average Bonchev–Trinajstić information content (AvgIpc) is 3.14. The van der Waals surface area contributed by atoms with Crippen LogP contribution in [0.15, 0.2) is 4.42 Å². The normalized spacial score (nSPS) is 24.4. The van der Waals surface area contributed by atoms with Gasteiger partial charge in [-0.15, -0.1) is 5.10 Å². The molecule has 7 nitrogen and oxygen atoms in total. The zero-order chi connectivity index (χ0) is 13.2. The van der Waals surface area contributed by atoms with Crippen molar-refractivity contribution >= 4 is 11.9 Å². The molecule has 0 aromatic carbocycles. The molecule has 7 heteroatoms. The van der Waals surface area contributed by atoms with Gasteiger partial charge < -0.3 is 9.73 Å². The van der Waals surface area contributed by atoms with Crippen LogP contribution in [0.4, 0.5) is 6.01 Å². The van der Waals surface area contributed by atoms with Gasteiger partial charge in [-0.2, -0.15) is 0 Å². The molecular weight excluding hydrogens is 246 g/mol. The Balaban J connectivity index is 1.52. The first kappa shape index (κ1) is 12.6. The lowest BCUT2D eigenvalue weighted by molar-refractivity contribution is -0.118. The summed E-state index contributed by atoms with van der Waals surface area (Å²) in [6.45, 7) is 5.19. The van der Waals surface area contributed by atoms with E-state index in [-0.39, 0.29) is 11.9 Å². The molecule has 1 saturated carbocycles. The number of anilines is 1. The van der Waals surface area contributed by atoms with Crippen LogP contribution >= 0.6 is 0 Å². The quantitative estimate of drug-likeness (QED) is 0.808. The van der Waals surface area contributed by atoms with Crippen LogP contribution in [0.1, 0.15) is 31.6 Å². The average molecular weight is 265 g/mol. The molecule has 1 atom stereocenters. The highest BCUT2D eigenvalue weighted by Crippen LogP contribution is 2.39. The minimum absolute atomic E-state index is 0.0975. The number of aromatic nitrogens is 2. The minimum Gasteiger partial charge on any atom is -0.408 e. The Kier molecular flexibility index (Phi) is 3.48. The van der Waals surface area contributed by atoms with E-state index in [9.17, 15) is 4.79 Å². The smallest absolute Gasteiger partial charge is 0.322 e. The fraction of sp³-hybridized carbons (Fsp3) is 0.750. The zero-order valence-corrected chi connectivity index (χ0v) is 11.1. The summed E-state index contributed by atoms with van der Waals surface area (Å²) in [7, 11) is 0. The van der Waals surface area contributed by atoms with Crippen LogP contribution in [0.3, 0.4) is 0 Å². The van der Waals surface area contributed by atoms with Crippen LogP contribution in [0, 0.1) is 0 Å². The lowest BCUT2D eigenvalue weighted by atomic mass is 10.2. The van der Waals surface area contributed by atoms with Crippen LogP contribution in [0.25, 0.3) is 0 Å². The monoisotopic (exact) mass is 265 g/mol. The highest BCUT2D eigenvalue weighted by Gasteiger charge is 2.29. The van der Waals surface area contributed by atoms with E-state index in [2.05, 4.69) is 32.7 Å². The van der Waals surface area contributed by atoms with Gasteiger partial charge in [0, 0.05) is 31.6 Å². The van der Waals surface area contributed by atoms with E-state index in [1.165, 1.54) is 0 Å². The number of rotatable bonds is 4. The topological polar surface area (TPSA) is 83.3 Å². The first-order chi connectivity index (χ1) is 9.22. The molecule has 2 fully saturated rings. The summed E-state index contributed by atoms with van der Waals surface area (Å²) in [5.74, 6) is 0.955. The number of nitrogens with zero attached hydrogens (tertiary/aromatic N) is 3. The van der Waals surface area contributed by atoms with E-state index in [4.69, 9.17) is 4.42 Å². The van der Waals surface area contributed by atoms with Crippen LogP contribution in [-0.4, -0.2) is 53.2 Å². The molecule has 0 unspecified atom stereocenters. The Labute approximate surface area is 111 Å². The van der Waals surface area contributed by atoms with E-state index in [0.29, 0.717) is 24.4 Å².